The van der Waals surface area contributed by atoms with Gasteiger partial charge in [-0.3, -0.25) is 0 Å². The summed E-state index contributed by atoms with van der Waals surface area (Å²) in [6.07, 6.45) is 1.98. The van der Waals surface area contributed by atoms with E-state index in [2.05, 4.69) is 15.3 Å². The van der Waals surface area contributed by atoms with Crippen molar-refractivity contribution >= 4 is 0 Å². The van der Waals surface area contributed by atoms with Crippen molar-refractivity contribution in [1.29, 1.82) is 0 Å². The van der Waals surface area contributed by atoms with Crippen molar-refractivity contribution in [2.75, 3.05) is 6.61 Å². The number of halogens is 2. The van der Waals surface area contributed by atoms with Crippen LogP contribution in [0.2, 0.25) is 0 Å². The number of aromatic nitrogens is 2. The first-order valence-corrected chi connectivity index (χ1v) is 10.4. The highest BCUT2D eigenvalue weighted by molar-refractivity contribution is 5.55. The number of nitrogens with zero attached hydrogens (tertiary/aromatic N) is 2. The van der Waals surface area contributed by atoms with Crippen molar-refractivity contribution in [3.8, 4) is 11.4 Å². The van der Waals surface area contributed by atoms with Crippen LogP contribution in [0.3, 0.4) is 0 Å². The van der Waals surface area contributed by atoms with Crippen LogP contribution in [0.4, 0.5) is 8.78 Å². The third-order valence-electron chi connectivity index (χ3n) is 6.02. The smallest absolute Gasteiger partial charge is 0.162 e. The maximum absolute atomic E-state index is 14.1. The van der Waals surface area contributed by atoms with Crippen LogP contribution < -0.4 is 5.32 Å². The summed E-state index contributed by atoms with van der Waals surface area (Å²) in [5.74, 6) is -0.720. The van der Waals surface area contributed by atoms with Gasteiger partial charge in [-0.25, -0.2) is 18.7 Å². The Balaban J connectivity index is 1.52. The maximum atomic E-state index is 14.1. The summed E-state index contributed by atoms with van der Waals surface area (Å²) >= 11 is 0. The molecule has 1 heterocycles. The number of benzene rings is 2. The number of hydrogen-bond acceptors (Lipinski definition) is 5. The van der Waals surface area contributed by atoms with E-state index < -0.39 is 6.10 Å². The lowest BCUT2D eigenvalue weighted by atomic mass is 9.88. The van der Waals surface area contributed by atoms with Gasteiger partial charge in [0.05, 0.1) is 11.7 Å². The van der Waals surface area contributed by atoms with Crippen molar-refractivity contribution in [1.82, 2.24) is 15.3 Å². The molecule has 3 N–H and O–H groups in total. The second-order valence-corrected chi connectivity index (χ2v) is 7.98. The minimum Gasteiger partial charge on any atom is -0.396 e. The predicted molar refractivity (Wildman–Crippen MR) is 113 cm³/mol. The minimum atomic E-state index is -0.631. The van der Waals surface area contributed by atoms with Crippen molar-refractivity contribution in [3.05, 3.63) is 83.7 Å². The average Bonchev–Trinajstić information content (AvgIpc) is 3.08. The van der Waals surface area contributed by atoms with E-state index in [0.717, 1.165) is 11.3 Å². The summed E-state index contributed by atoms with van der Waals surface area (Å²) in [5.41, 5.74) is 1.99. The SMILES string of the molecule is OC[C@@H]1[C@@H](Cc2ccnc(-c3ccccc3F)n2)[C@H](NCc2ccc(F)cc2)C[C@H]1O. The van der Waals surface area contributed by atoms with Crippen LogP contribution in [-0.2, 0) is 13.0 Å². The summed E-state index contributed by atoms with van der Waals surface area (Å²) in [7, 11) is 0. The van der Waals surface area contributed by atoms with Crippen LogP contribution in [0.1, 0.15) is 17.7 Å². The molecule has 7 heteroatoms. The highest BCUT2D eigenvalue weighted by Crippen LogP contribution is 2.35. The van der Waals surface area contributed by atoms with Gasteiger partial charge < -0.3 is 15.5 Å². The fourth-order valence-electron chi connectivity index (χ4n) is 4.35. The Bertz CT molecular complexity index is 1020. The molecule has 3 aromatic rings. The topological polar surface area (TPSA) is 78.3 Å². The molecule has 1 aliphatic carbocycles. The average molecular weight is 425 g/mol. The third kappa shape index (κ3) is 4.95. The molecule has 4 rings (SSSR count). The van der Waals surface area contributed by atoms with Gasteiger partial charge >= 0.3 is 0 Å². The largest absolute Gasteiger partial charge is 0.396 e. The zero-order valence-electron chi connectivity index (χ0n) is 17.0. The molecule has 1 aliphatic rings. The zero-order chi connectivity index (χ0) is 21.8. The summed E-state index contributed by atoms with van der Waals surface area (Å²) in [4.78, 5) is 8.74. The molecule has 0 bridgehead atoms. The van der Waals surface area contributed by atoms with Crippen LogP contribution >= 0.6 is 0 Å². The molecule has 31 heavy (non-hydrogen) atoms. The van der Waals surface area contributed by atoms with Crippen LogP contribution in [0.25, 0.3) is 11.4 Å². The number of aliphatic hydroxyl groups excluding tert-OH is 2. The molecule has 2 aromatic carbocycles. The Labute approximate surface area is 179 Å². The Morgan fingerprint density at radius 1 is 1.00 bits per heavy atom. The van der Waals surface area contributed by atoms with Gasteiger partial charge in [0, 0.05) is 37.0 Å². The Hall–Kier alpha value is -2.74. The Morgan fingerprint density at radius 3 is 2.52 bits per heavy atom. The number of rotatable bonds is 7. The Morgan fingerprint density at radius 2 is 1.77 bits per heavy atom. The van der Waals surface area contributed by atoms with E-state index >= 15 is 0 Å². The molecule has 0 unspecified atom stereocenters. The molecule has 0 radical (unpaired) electrons. The second kappa shape index (κ2) is 9.60. The zero-order valence-corrected chi connectivity index (χ0v) is 17.0. The number of aliphatic hydroxyl groups is 2. The quantitative estimate of drug-likeness (QED) is 0.542. The fraction of sp³-hybridized carbons (Fsp3) is 0.333. The highest BCUT2D eigenvalue weighted by Gasteiger charge is 2.42. The molecule has 1 saturated carbocycles. The normalized spacial score (nSPS) is 23.2. The molecular formula is C24H25F2N3O2. The van der Waals surface area contributed by atoms with Gasteiger partial charge in [-0.05, 0) is 54.7 Å². The van der Waals surface area contributed by atoms with Gasteiger partial charge in [-0.15, -0.1) is 0 Å². The van der Waals surface area contributed by atoms with Gasteiger partial charge in [0.2, 0.25) is 0 Å². The number of nitrogens with one attached hydrogen (secondary N) is 1. The lowest BCUT2D eigenvalue weighted by Crippen LogP contribution is -2.36. The lowest BCUT2D eigenvalue weighted by Gasteiger charge is -2.25. The number of hydrogen-bond donors (Lipinski definition) is 3. The summed E-state index contributed by atoms with van der Waals surface area (Å²) < 4.78 is 27.3. The fourth-order valence-corrected chi connectivity index (χ4v) is 4.35. The van der Waals surface area contributed by atoms with E-state index in [0.29, 0.717) is 30.8 Å². The van der Waals surface area contributed by atoms with Gasteiger partial charge in [0.25, 0.3) is 0 Å². The molecule has 0 saturated heterocycles. The standard InChI is InChI=1S/C24H25F2N3O2/c25-16-7-5-15(6-8-16)13-28-22-12-23(31)20(14-30)19(22)11-17-9-10-27-24(29-17)18-3-1-2-4-21(18)26/h1-10,19-20,22-23,28,30-31H,11-14H2/t19-,20-,22-,23-/m1/s1. The second-order valence-electron chi connectivity index (χ2n) is 7.98. The minimum absolute atomic E-state index is 0.0518. The van der Waals surface area contributed by atoms with Crippen molar-refractivity contribution < 1.29 is 19.0 Å². The van der Waals surface area contributed by atoms with E-state index in [1.54, 1.807) is 42.6 Å². The molecule has 0 spiro atoms. The molecule has 4 atom stereocenters. The van der Waals surface area contributed by atoms with Gasteiger partial charge in [-0.1, -0.05) is 24.3 Å². The molecule has 1 aromatic heterocycles. The first-order valence-electron chi connectivity index (χ1n) is 10.4. The molecule has 1 fully saturated rings. The van der Waals surface area contributed by atoms with Crippen LogP contribution in [0, 0.1) is 23.5 Å². The lowest BCUT2D eigenvalue weighted by molar-refractivity contribution is 0.0716. The monoisotopic (exact) mass is 425 g/mol. The summed E-state index contributed by atoms with van der Waals surface area (Å²) in [5, 5.41) is 23.8. The van der Waals surface area contributed by atoms with Gasteiger partial charge in [-0.2, -0.15) is 0 Å². The van der Waals surface area contributed by atoms with Crippen LogP contribution in [0.5, 0.6) is 0 Å². The van der Waals surface area contributed by atoms with Crippen LogP contribution in [0.15, 0.2) is 60.8 Å². The summed E-state index contributed by atoms with van der Waals surface area (Å²) in [6.45, 7) is 0.391. The maximum Gasteiger partial charge on any atom is 0.162 e. The molecule has 0 aliphatic heterocycles. The molecule has 5 nitrogen and oxygen atoms in total. The first-order chi connectivity index (χ1) is 15.0. The van der Waals surface area contributed by atoms with E-state index in [9.17, 15) is 19.0 Å². The van der Waals surface area contributed by atoms with Crippen molar-refractivity contribution in [3.63, 3.8) is 0 Å². The van der Waals surface area contributed by atoms with Gasteiger partial charge in [0.15, 0.2) is 5.82 Å². The third-order valence-corrected chi connectivity index (χ3v) is 6.02. The highest BCUT2D eigenvalue weighted by atomic mass is 19.1. The predicted octanol–water partition coefficient (Wildman–Crippen LogP) is 3.11. The van der Waals surface area contributed by atoms with E-state index in [1.165, 1.54) is 18.2 Å². The van der Waals surface area contributed by atoms with E-state index in [-0.39, 0.29) is 36.1 Å². The molecule has 0 amide bonds. The Kier molecular flexibility index (Phi) is 6.65. The van der Waals surface area contributed by atoms with Crippen LogP contribution in [-0.4, -0.2) is 38.9 Å². The molecular weight excluding hydrogens is 400 g/mol. The van der Waals surface area contributed by atoms with Crippen molar-refractivity contribution in [2.24, 2.45) is 11.8 Å². The first kappa shape index (κ1) is 21.5. The molecule has 162 valence electrons. The summed E-state index contributed by atoms with van der Waals surface area (Å²) in [6, 6.07) is 14.4. The van der Waals surface area contributed by atoms with E-state index in [1.807, 2.05) is 0 Å². The van der Waals surface area contributed by atoms with E-state index in [4.69, 9.17) is 0 Å². The van der Waals surface area contributed by atoms with Gasteiger partial charge in [0.1, 0.15) is 11.6 Å². The van der Waals surface area contributed by atoms with Crippen molar-refractivity contribution in [2.45, 2.75) is 31.5 Å².